The summed E-state index contributed by atoms with van der Waals surface area (Å²) in [7, 11) is 0. The van der Waals surface area contributed by atoms with Crippen LogP contribution < -0.4 is 9.47 Å². The molecule has 0 atom stereocenters. The van der Waals surface area contributed by atoms with Crippen LogP contribution in [0.25, 0.3) is 34.4 Å². The second-order valence-corrected chi connectivity index (χ2v) is 18.0. The minimum atomic E-state index is -0.306. The van der Waals surface area contributed by atoms with Gasteiger partial charge in [0.25, 0.3) is 0 Å². The summed E-state index contributed by atoms with van der Waals surface area (Å²) in [6, 6.07) is 23.9. The van der Waals surface area contributed by atoms with E-state index in [0.717, 1.165) is 55.6 Å². The highest BCUT2D eigenvalue weighted by atomic mass is 16.5. The molecule has 0 unspecified atom stereocenters. The van der Waals surface area contributed by atoms with Gasteiger partial charge in [0.1, 0.15) is 11.5 Å². The van der Waals surface area contributed by atoms with Crippen molar-refractivity contribution in [2.45, 2.75) is 126 Å². The second kappa shape index (κ2) is 14.3. The van der Waals surface area contributed by atoms with Crippen molar-refractivity contribution in [3.63, 3.8) is 0 Å². The van der Waals surface area contributed by atoms with Gasteiger partial charge in [-0.05, 0) is 91.8 Å². The SMILES string of the molecule is CC(=O)Oc1c(C(C)(C)C)cc(-c2ccc(/C=C/c3ccc(-c4cc(C(C)(C)C)c(OC(C)=O)c(C(C)(C)C)c4)cc3C)cc2)cc1C(C)(C)C. The van der Waals surface area contributed by atoms with Crippen LogP contribution in [0.2, 0.25) is 0 Å². The summed E-state index contributed by atoms with van der Waals surface area (Å²) in [6.07, 6.45) is 4.32. The van der Waals surface area contributed by atoms with E-state index >= 15 is 0 Å². The van der Waals surface area contributed by atoms with Gasteiger partial charge in [0.2, 0.25) is 0 Å². The van der Waals surface area contributed by atoms with Crippen LogP contribution in [0.3, 0.4) is 0 Å². The minimum Gasteiger partial charge on any atom is -0.426 e. The Balaban J connectivity index is 1.69. The molecule has 4 aromatic carbocycles. The standard InChI is InChI=1S/C47H58O4/c1-29-24-35(37-27-40(46(10,11)12)43(51-31(3)49)41(28-37)47(13,14)15)23-22-33(29)19-16-32-17-20-34(21-18-32)36-25-38(44(4,5)6)42(50-30(2)48)39(26-36)45(7,8)9/h16-28H,1-15H3/b19-16+. The number of esters is 2. The molecule has 270 valence electrons. The lowest BCUT2D eigenvalue weighted by Gasteiger charge is -2.30. The van der Waals surface area contributed by atoms with Crippen LogP contribution >= 0.6 is 0 Å². The molecule has 0 aliphatic carbocycles. The Bertz CT molecular complexity index is 1890. The molecule has 0 saturated carbocycles. The highest BCUT2D eigenvalue weighted by Crippen LogP contribution is 2.44. The third-order valence-electron chi connectivity index (χ3n) is 9.20. The van der Waals surface area contributed by atoms with E-state index in [9.17, 15) is 9.59 Å². The van der Waals surface area contributed by atoms with Gasteiger partial charge < -0.3 is 9.47 Å². The fraction of sp³-hybridized carbons (Fsp3) is 0.404. The van der Waals surface area contributed by atoms with E-state index in [1.165, 1.54) is 19.4 Å². The van der Waals surface area contributed by atoms with Crippen LogP contribution in [0.4, 0.5) is 0 Å². The van der Waals surface area contributed by atoms with Crippen LogP contribution in [-0.2, 0) is 31.2 Å². The van der Waals surface area contributed by atoms with E-state index in [0.29, 0.717) is 11.5 Å². The van der Waals surface area contributed by atoms with E-state index in [1.54, 1.807) is 0 Å². The summed E-state index contributed by atoms with van der Waals surface area (Å²) in [6.45, 7) is 31.0. The Kier molecular flexibility index (Phi) is 11.0. The summed E-state index contributed by atoms with van der Waals surface area (Å²) in [5, 5.41) is 0. The molecule has 0 fully saturated rings. The summed E-state index contributed by atoms with van der Waals surface area (Å²) in [5.41, 5.74) is 11.1. The molecule has 0 aliphatic heterocycles. The van der Waals surface area contributed by atoms with Crippen molar-refractivity contribution in [2.24, 2.45) is 0 Å². The highest BCUT2D eigenvalue weighted by molar-refractivity contribution is 5.79. The van der Waals surface area contributed by atoms with Gasteiger partial charge in [-0.2, -0.15) is 0 Å². The first-order chi connectivity index (χ1) is 23.4. The molecule has 0 radical (unpaired) electrons. The number of ether oxygens (including phenoxy) is 2. The van der Waals surface area contributed by atoms with Crippen molar-refractivity contribution in [3.05, 3.63) is 106 Å². The van der Waals surface area contributed by atoms with E-state index in [4.69, 9.17) is 9.47 Å². The first kappa shape index (κ1) is 39.3. The molecule has 0 amide bonds. The van der Waals surface area contributed by atoms with Crippen molar-refractivity contribution >= 4 is 24.1 Å². The zero-order chi connectivity index (χ0) is 38.3. The average molecular weight is 687 g/mol. The van der Waals surface area contributed by atoms with E-state index in [2.05, 4.69) is 169 Å². The molecule has 0 heterocycles. The molecule has 4 nitrogen and oxygen atoms in total. The van der Waals surface area contributed by atoms with Crippen molar-refractivity contribution in [2.75, 3.05) is 0 Å². The smallest absolute Gasteiger partial charge is 0.308 e. The van der Waals surface area contributed by atoms with Crippen LogP contribution in [0.5, 0.6) is 11.5 Å². The zero-order valence-electron chi connectivity index (χ0n) is 33.6. The number of hydrogen-bond donors (Lipinski definition) is 0. The monoisotopic (exact) mass is 686 g/mol. The van der Waals surface area contributed by atoms with Crippen LogP contribution in [0.15, 0.2) is 66.7 Å². The largest absolute Gasteiger partial charge is 0.426 e. The Hall–Kier alpha value is -4.44. The summed E-state index contributed by atoms with van der Waals surface area (Å²) < 4.78 is 11.7. The normalized spacial score (nSPS) is 12.7. The van der Waals surface area contributed by atoms with Crippen molar-refractivity contribution in [1.29, 1.82) is 0 Å². The molecular weight excluding hydrogens is 629 g/mol. The van der Waals surface area contributed by atoms with Crippen molar-refractivity contribution in [3.8, 4) is 33.8 Å². The van der Waals surface area contributed by atoms with Gasteiger partial charge in [0.05, 0.1) is 0 Å². The van der Waals surface area contributed by atoms with Crippen molar-refractivity contribution < 1.29 is 19.1 Å². The van der Waals surface area contributed by atoms with Crippen LogP contribution in [0, 0.1) is 6.92 Å². The summed E-state index contributed by atoms with van der Waals surface area (Å²) >= 11 is 0. The van der Waals surface area contributed by atoms with Crippen molar-refractivity contribution in [1.82, 2.24) is 0 Å². The second-order valence-electron chi connectivity index (χ2n) is 18.0. The average Bonchev–Trinajstić information content (AvgIpc) is 2.98. The maximum Gasteiger partial charge on any atom is 0.308 e. The molecular formula is C47H58O4. The maximum absolute atomic E-state index is 12.1. The van der Waals surface area contributed by atoms with E-state index < -0.39 is 0 Å². The fourth-order valence-corrected chi connectivity index (χ4v) is 6.34. The zero-order valence-corrected chi connectivity index (χ0v) is 33.6. The Morgan fingerprint density at radius 1 is 0.471 bits per heavy atom. The first-order valence-corrected chi connectivity index (χ1v) is 18.0. The third-order valence-corrected chi connectivity index (χ3v) is 9.20. The molecule has 0 aliphatic rings. The maximum atomic E-state index is 12.1. The lowest BCUT2D eigenvalue weighted by Crippen LogP contribution is -2.21. The molecule has 0 aromatic heterocycles. The molecule has 51 heavy (non-hydrogen) atoms. The minimum absolute atomic E-state index is 0.214. The molecule has 4 rings (SSSR count). The number of carbonyl (C=O) groups is 2. The Morgan fingerprint density at radius 2 is 0.824 bits per heavy atom. The summed E-state index contributed by atoms with van der Waals surface area (Å²) in [4.78, 5) is 24.3. The Labute approximate surface area is 307 Å². The number of carbonyl (C=O) groups excluding carboxylic acids is 2. The van der Waals surface area contributed by atoms with Crippen LogP contribution in [-0.4, -0.2) is 11.9 Å². The highest BCUT2D eigenvalue weighted by Gasteiger charge is 2.30. The van der Waals surface area contributed by atoms with Crippen LogP contribution in [0.1, 0.15) is 136 Å². The molecule has 0 spiro atoms. The molecule has 0 bridgehead atoms. The van der Waals surface area contributed by atoms with E-state index in [1.807, 2.05) is 0 Å². The number of rotatable bonds is 6. The lowest BCUT2D eigenvalue weighted by molar-refractivity contribution is -0.133. The van der Waals surface area contributed by atoms with Gasteiger partial charge in [-0.1, -0.05) is 138 Å². The third kappa shape index (κ3) is 9.47. The van der Waals surface area contributed by atoms with Gasteiger partial charge in [0.15, 0.2) is 0 Å². The molecule has 4 heteroatoms. The van der Waals surface area contributed by atoms with Gasteiger partial charge in [-0.25, -0.2) is 0 Å². The lowest BCUT2D eigenvalue weighted by atomic mass is 9.77. The number of hydrogen-bond acceptors (Lipinski definition) is 4. The quantitative estimate of drug-likeness (QED) is 0.115. The van der Waals surface area contributed by atoms with Gasteiger partial charge in [-0.15, -0.1) is 0 Å². The van der Waals surface area contributed by atoms with Gasteiger partial charge in [-0.3, -0.25) is 9.59 Å². The Morgan fingerprint density at radius 3 is 1.16 bits per heavy atom. The molecule has 0 N–H and O–H groups in total. The number of benzene rings is 4. The van der Waals surface area contributed by atoms with Gasteiger partial charge in [0, 0.05) is 36.1 Å². The first-order valence-electron chi connectivity index (χ1n) is 18.0. The molecule has 4 aromatic rings. The van der Waals surface area contributed by atoms with Gasteiger partial charge >= 0.3 is 11.9 Å². The molecule has 0 saturated heterocycles. The fourth-order valence-electron chi connectivity index (χ4n) is 6.34. The predicted molar refractivity (Wildman–Crippen MR) is 215 cm³/mol. The summed E-state index contributed by atoms with van der Waals surface area (Å²) in [5.74, 6) is 0.742. The number of aryl methyl sites for hydroxylation is 1. The predicted octanol–water partition coefficient (Wildman–Crippen LogP) is 12.5. The van der Waals surface area contributed by atoms with E-state index in [-0.39, 0.29) is 33.6 Å². The topological polar surface area (TPSA) is 52.6 Å².